The number of benzene rings is 5. The Kier molecular flexibility index (Phi) is 11.8. The fourth-order valence-corrected chi connectivity index (χ4v) is 10.1. The second-order valence-corrected chi connectivity index (χ2v) is 17.4. The van der Waals surface area contributed by atoms with Gasteiger partial charge < -0.3 is 15.0 Å². The number of amides is 1. The van der Waals surface area contributed by atoms with E-state index in [2.05, 4.69) is 51.3 Å². The number of nitro benzene ring substituents is 1. The van der Waals surface area contributed by atoms with Gasteiger partial charge in [-0.25, -0.2) is 13.1 Å². The lowest BCUT2D eigenvalue weighted by atomic mass is 9.82. The summed E-state index contributed by atoms with van der Waals surface area (Å²) in [5.74, 6) is -0.114. The molecule has 1 saturated heterocycles. The Bertz CT molecular complexity index is 2260. The van der Waals surface area contributed by atoms with E-state index < -0.39 is 20.9 Å². The van der Waals surface area contributed by atoms with Gasteiger partial charge in [-0.15, -0.1) is 11.8 Å². The minimum Gasteiger partial charge on any atom is -0.378 e. The number of nitrogens with one attached hydrogen (secondary N) is 2. The van der Waals surface area contributed by atoms with Gasteiger partial charge in [0.2, 0.25) is 0 Å². The largest absolute Gasteiger partial charge is 0.378 e. The number of rotatable bonds is 14. The topological polar surface area (TPSA) is 131 Å². The van der Waals surface area contributed by atoms with Crippen molar-refractivity contribution in [2.75, 3.05) is 36.2 Å². The standard InChI is InChI=1S/C44H46N4O6S2/c1-54-44(31-35-14-8-9-17-39(35)33-12-4-2-5-13-33)26-28-47(29-27-44)36-20-18-34(19-21-36)42(49)46-56(52,53)38-22-23-40(41(30-38)48(50)51)45-43(24-10-11-25-43)32-55-37-15-6-3-7-16-37/h2-9,12-23,30,45H,10-11,24-29,31-32H2,1H3,(H,46,49). The van der Waals surface area contributed by atoms with E-state index in [0.717, 1.165) is 74.7 Å². The molecule has 0 spiro atoms. The summed E-state index contributed by atoms with van der Waals surface area (Å²) in [5, 5.41) is 15.7. The second kappa shape index (κ2) is 16.9. The maximum Gasteiger partial charge on any atom is 0.293 e. The number of hydrogen-bond donors (Lipinski definition) is 2. The smallest absolute Gasteiger partial charge is 0.293 e. The van der Waals surface area contributed by atoms with Crippen molar-refractivity contribution in [3.63, 3.8) is 0 Å². The van der Waals surface area contributed by atoms with E-state index in [1.54, 1.807) is 31.0 Å². The molecule has 2 aliphatic rings. The molecule has 0 unspecified atom stereocenters. The highest BCUT2D eigenvalue weighted by Crippen LogP contribution is 2.40. The summed E-state index contributed by atoms with van der Waals surface area (Å²) in [4.78, 5) is 27.9. The molecule has 2 fully saturated rings. The van der Waals surface area contributed by atoms with E-state index in [4.69, 9.17) is 4.74 Å². The Labute approximate surface area is 332 Å². The normalized spacial score (nSPS) is 16.3. The van der Waals surface area contributed by atoms with E-state index in [1.165, 1.54) is 28.8 Å². The van der Waals surface area contributed by atoms with Gasteiger partial charge in [-0.3, -0.25) is 14.9 Å². The molecule has 7 rings (SSSR count). The van der Waals surface area contributed by atoms with Gasteiger partial charge in [0.1, 0.15) is 5.69 Å². The van der Waals surface area contributed by atoms with Crippen LogP contribution in [0.25, 0.3) is 11.1 Å². The predicted molar refractivity (Wildman–Crippen MR) is 223 cm³/mol. The number of nitrogens with zero attached hydrogens (tertiary/aromatic N) is 2. The first-order valence-corrected chi connectivity index (χ1v) is 21.4. The molecule has 2 N–H and O–H groups in total. The lowest BCUT2D eigenvalue weighted by Gasteiger charge is -2.42. The average Bonchev–Trinajstić information content (AvgIpc) is 3.69. The molecular weight excluding hydrogens is 745 g/mol. The molecule has 5 aromatic carbocycles. The average molecular weight is 791 g/mol. The first kappa shape index (κ1) is 39.1. The molecule has 0 radical (unpaired) electrons. The molecule has 1 saturated carbocycles. The highest BCUT2D eigenvalue weighted by molar-refractivity contribution is 7.99. The van der Waals surface area contributed by atoms with Crippen molar-refractivity contribution in [2.45, 2.75) is 65.9 Å². The van der Waals surface area contributed by atoms with Crippen LogP contribution in [0.15, 0.2) is 137 Å². The monoisotopic (exact) mass is 790 g/mol. The molecular formula is C44H46N4O6S2. The van der Waals surface area contributed by atoms with Crippen molar-refractivity contribution in [1.29, 1.82) is 0 Å². The molecule has 0 aromatic heterocycles. The van der Waals surface area contributed by atoms with Crippen LogP contribution in [0.3, 0.4) is 0 Å². The van der Waals surface area contributed by atoms with Crippen molar-refractivity contribution in [2.24, 2.45) is 0 Å². The van der Waals surface area contributed by atoms with Crippen LogP contribution in [0.2, 0.25) is 0 Å². The number of hydrogen-bond acceptors (Lipinski definition) is 9. The molecule has 56 heavy (non-hydrogen) atoms. The fraction of sp³-hybridized carbons (Fsp3) is 0.295. The van der Waals surface area contributed by atoms with Gasteiger partial charge in [-0.1, -0.05) is 85.6 Å². The summed E-state index contributed by atoms with van der Waals surface area (Å²) in [7, 11) is -2.64. The molecule has 1 aliphatic carbocycles. The van der Waals surface area contributed by atoms with Gasteiger partial charge >= 0.3 is 0 Å². The van der Waals surface area contributed by atoms with Crippen LogP contribution in [-0.4, -0.2) is 56.3 Å². The maximum absolute atomic E-state index is 13.4. The zero-order valence-corrected chi connectivity index (χ0v) is 33.0. The molecule has 10 nitrogen and oxygen atoms in total. The van der Waals surface area contributed by atoms with Crippen LogP contribution in [-0.2, 0) is 21.2 Å². The molecule has 290 valence electrons. The number of sulfonamides is 1. The highest BCUT2D eigenvalue weighted by atomic mass is 32.2. The summed E-state index contributed by atoms with van der Waals surface area (Å²) in [5.41, 5.74) is 3.90. The minimum absolute atomic E-state index is 0.157. The Balaban J connectivity index is 0.987. The predicted octanol–water partition coefficient (Wildman–Crippen LogP) is 9.13. The summed E-state index contributed by atoms with van der Waals surface area (Å²) in [6.45, 7) is 1.50. The third-order valence-corrected chi connectivity index (χ3v) is 13.8. The van der Waals surface area contributed by atoms with E-state index >= 15 is 0 Å². The van der Waals surface area contributed by atoms with Crippen LogP contribution in [0.1, 0.15) is 54.4 Å². The minimum atomic E-state index is -4.42. The number of carbonyl (C=O) groups is 1. The van der Waals surface area contributed by atoms with Crippen LogP contribution in [0, 0.1) is 10.1 Å². The molecule has 5 aromatic rings. The van der Waals surface area contributed by atoms with Gasteiger partial charge in [0.05, 0.1) is 15.4 Å². The molecule has 12 heteroatoms. The van der Waals surface area contributed by atoms with Crippen molar-refractivity contribution >= 4 is 44.8 Å². The number of anilines is 2. The summed E-state index contributed by atoms with van der Waals surface area (Å²) >= 11 is 1.69. The van der Waals surface area contributed by atoms with Gasteiger partial charge in [0.25, 0.3) is 21.6 Å². The van der Waals surface area contributed by atoms with Crippen molar-refractivity contribution in [1.82, 2.24) is 4.72 Å². The van der Waals surface area contributed by atoms with E-state index in [-0.39, 0.29) is 33.0 Å². The van der Waals surface area contributed by atoms with Gasteiger partial charge in [-0.2, -0.15) is 0 Å². The van der Waals surface area contributed by atoms with Gasteiger partial charge in [-0.05, 0) is 90.9 Å². The summed E-state index contributed by atoms with van der Waals surface area (Å²) in [6.07, 6.45) is 6.07. The summed E-state index contributed by atoms with van der Waals surface area (Å²) in [6, 6.07) is 39.4. The van der Waals surface area contributed by atoms with Crippen LogP contribution >= 0.6 is 11.8 Å². The van der Waals surface area contributed by atoms with Crippen LogP contribution < -0.4 is 14.9 Å². The van der Waals surface area contributed by atoms with Crippen molar-refractivity contribution in [3.8, 4) is 11.1 Å². The number of methoxy groups -OCH3 is 1. The maximum atomic E-state index is 13.4. The number of nitro groups is 1. The molecule has 0 atom stereocenters. The van der Waals surface area contributed by atoms with Crippen molar-refractivity contribution in [3.05, 3.63) is 149 Å². The SMILES string of the molecule is COC1(Cc2ccccc2-c2ccccc2)CCN(c2ccc(C(=O)NS(=O)(=O)c3ccc(NC4(CSc5ccccc5)CCCC4)c([N+](=O)[O-])c3)cc2)CC1. The third-order valence-electron chi connectivity index (χ3n) is 11.1. The Hall–Kier alpha value is -5.17. The number of piperidine rings is 1. The molecule has 1 heterocycles. The Morgan fingerprint density at radius 3 is 2.14 bits per heavy atom. The first-order chi connectivity index (χ1) is 27.1. The molecule has 0 bridgehead atoms. The van der Waals surface area contributed by atoms with E-state index in [0.29, 0.717) is 5.75 Å². The lowest BCUT2D eigenvalue weighted by molar-refractivity contribution is -0.384. The fourth-order valence-electron chi connectivity index (χ4n) is 7.93. The first-order valence-electron chi connectivity index (χ1n) is 18.9. The molecule has 1 amide bonds. The quantitative estimate of drug-likeness (QED) is 0.0643. The zero-order valence-electron chi connectivity index (χ0n) is 31.4. The zero-order chi connectivity index (χ0) is 39.2. The number of thioether (sulfide) groups is 1. The van der Waals surface area contributed by atoms with Crippen LogP contribution in [0.4, 0.5) is 17.1 Å². The number of ether oxygens (including phenoxy) is 1. The highest BCUT2D eigenvalue weighted by Gasteiger charge is 2.37. The van der Waals surface area contributed by atoms with Gasteiger partial charge in [0, 0.05) is 60.1 Å². The van der Waals surface area contributed by atoms with Crippen LogP contribution in [0.5, 0.6) is 0 Å². The third kappa shape index (κ3) is 8.93. The van der Waals surface area contributed by atoms with Gasteiger partial charge in [0.15, 0.2) is 0 Å². The Morgan fingerprint density at radius 2 is 1.48 bits per heavy atom. The van der Waals surface area contributed by atoms with E-state index in [9.17, 15) is 23.3 Å². The van der Waals surface area contributed by atoms with E-state index in [1.807, 2.05) is 60.7 Å². The number of carbonyl (C=O) groups excluding carboxylic acids is 1. The summed E-state index contributed by atoms with van der Waals surface area (Å²) < 4.78 is 35.1. The lowest BCUT2D eigenvalue weighted by Crippen LogP contribution is -2.47. The Morgan fingerprint density at radius 1 is 0.839 bits per heavy atom. The molecule has 1 aliphatic heterocycles. The second-order valence-electron chi connectivity index (χ2n) is 14.7. The van der Waals surface area contributed by atoms with Crippen molar-refractivity contribution < 1.29 is 22.9 Å².